The molecule has 1 amide bonds. The first-order valence-corrected chi connectivity index (χ1v) is 7.90. The highest BCUT2D eigenvalue weighted by molar-refractivity contribution is 9.10. The van der Waals surface area contributed by atoms with E-state index in [9.17, 15) is 13.2 Å². The van der Waals surface area contributed by atoms with E-state index in [0.29, 0.717) is 15.0 Å². The second-order valence-electron chi connectivity index (χ2n) is 3.42. The van der Waals surface area contributed by atoms with Crippen molar-refractivity contribution in [3.63, 3.8) is 0 Å². The van der Waals surface area contributed by atoms with Gasteiger partial charge in [0.25, 0.3) is 5.91 Å². The maximum Gasteiger partial charge on any atom is 0.269 e. The number of primary sulfonamides is 1. The lowest BCUT2D eigenvalue weighted by Crippen LogP contribution is -2.13. The van der Waals surface area contributed by atoms with Crippen LogP contribution in [0.15, 0.2) is 33.8 Å². The van der Waals surface area contributed by atoms with Gasteiger partial charge in [-0.2, -0.15) is 0 Å². The van der Waals surface area contributed by atoms with E-state index in [1.807, 2.05) is 0 Å². The Morgan fingerprint density at radius 3 is 2.68 bits per heavy atom. The van der Waals surface area contributed by atoms with Gasteiger partial charge in [0, 0.05) is 4.47 Å². The Morgan fingerprint density at radius 1 is 1.42 bits per heavy atom. The van der Waals surface area contributed by atoms with E-state index >= 15 is 0 Å². The van der Waals surface area contributed by atoms with Crippen LogP contribution in [0.3, 0.4) is 0 Å². The number of aromatic nitrogens is 2. The summed E-state index contributed by atoms with van der Waals surface area (Å²) >= 11 is 4.13. The molecular weight excluding hydrogens is 356 g/mol. The van der Waals surface area contributed by atoms with Crippen LogP contribution in [0.2, 0.25) is 0 Å². The quantitative estimate of drug-likeness (QED) is 0.850. The summed E-state index contributed by atoms with van der Waals surface area (Å²) in [6.45, 7) is 0. The van der Waals surface area contributed by atoms with Crippen LogP contribution in [0, 0.1) is 0 Å². The molecule has 2 rings (SSSR count). The molecule has 0 fully saturated rings. The normalized spacial score (nSPS) is 11.3. The van der Waals surface area contributed by atoms with Crippen molar-refractivity contribution in [1.82, 2.24) is 9.59 Å². The number of sulfonamides is 1. The van der Waals surface area contributed by atoms with E-state index in [0.717, 1.165) is 11.5 Å². The summed E-state index contributed by atoms with van der Waals surface area (Å²) in [5.74, 6) is -0.376. The van der Waals surface area contributed by atoms with E-state index < -0.39 is 10.0 Å². The van der Waals surface area contributed by atoms with Crippen molar-refractivity contribution in [3.05, 3.63) is 33.7 Å². The van der Waals surface area contributed by atoms with Gasteiger partial charge in [0.05, 0.1) is 16.8 Å². The van der Waals surface area contributed by atoms with Crippen LogP contribution in [-0.4, -0.2) is 23.9 Å². The minimum atomic E-state index is -3.77. The van der Waals surface area contributed by atoms with Crippen molar-refractivity contribution in [2.75, 3.05) is 5.32 Å². The molecule has 3 N–H and O–H groups in total. The molecule has 0 saturated carbocycles. The maximum atomic E-state index is 11.8. The first kappa shape index (κ1) is 14.1. The summed E-state index contributed by atoms with van der Waals surface area (Å²) in [4.78, 5) is 12.1. The Hall–Kier alpha value is -1.36. The van der Waals surface area contributed by atoms with Gasteiger partial charge in [0.15, 0.2) is 0 Å². The largest absolute Gasteiger partial charge is 0.320 e. The lowest BCUT2D eigenvalue weighted by atomic mass is 10.3. The van der Waals surface area contributed by atoms with E-state index in [2.05, 4.69) is 30.8 Å². The third kappa shape index (κ3) is 3.35. The second-order valence-corrected chi connectivity index (χ2v) is 6.62. The molecule has 1 heterocycles. The number of nitrogens with one attached hydrogen (secondary N) is 1. The van der Waals surface area contributed by atoms with Crippen molar-refractivity contribution in [1.29, 1.82) is 0 Å². The fourth-order valence-corrected chi connectivity index (χ4v) is 2.81. The molecule has 0 aliphatic heterocycles. The summed E-state index contributed by atoms with van der Waals surface area (Å²) in [6, 6.07) is 4.06. The van der Waals surface area contributed by atoms with Gasteiger partial charge in [-0.1, -0.05) is 4.49 Å². The third-order valence-electron chi connectivity index (χ3n) is 2.10. The molecule has 1 aromatic carbocycles. The van der Waals surface area contributed by atoms with Crippen molar-refractivity contribution in [3.8, 4) is 0 Å². The van der Waals surface area contributed by atoms with Gasteiger partial charge in [0.1, 0.15) is 4.88 Å². The Labute approximate surface area is 121 Å². The van der Waals surface area contributed by atoms with E-state index in [-0.39, 0.29) is 10.8 Å². The number of rotatable bonds is 3. The molecule has 1 aromatic heterocycles. The predicted octanol–water partition coefficient (Wildman–Crippen LogP) is 1.20. The molecule has 0 atom stereocenters. The van der Waals surface area contributed by atoms with Gasteiger partial charge in [0.2, 0.25) is 10.0 Å². The van der Waals surface area contributed by atoms with Crippen molar-refractivity contribution in [2.45, 2.75) is 4.90 Å². The zero-order chi connectivity index (χ0) is 14.0. The molecule has 0 unspecified atom stereocenters. The molecule has 10 heteroatoms. The van der Waals surface area contributed by atoms with Gasteiger partial charge in [-0.15, -0.1) is 5.10 Å². The molecule has 0 aliphatic carbocycles. The van der Waals surface area contributed by atoms with Crippen molar-refractivity contribution >= 4 is 49.1 Å². The summed E-state index contributed by atoms with van der Waals surface area (Å²) in [6.07, 6.45) is 1.34. The van der Waals surface area contributed by atoms with Crippen LogP contribution < -0.4 is 10.5 Å². The molecule has 2 aromatic rings. The second kappa shape index (κ2) is 5.33. The smallest absolute Gasteiger partial charge is 0.269 e. The van der Waals surface area contributed by atoms with Crippen LogP contribution in [0.4, 0.5) is 5.69 Å². The lowest BCUT2D eigenvalue weighted by Gasteiger charge is -2.07. The highest BCUT2D eigenvalue weighted by Gasteiger charge is 2.13. The van der Waals surface area contributed by atoms with Gasteiger partial charge < -0.3 is 5.32 Å². The lowest BCUT2D eigenvalue weighted by molar-refractivity contribution is 0.103. The number of nitrogens with two attached hydrogens (primary N) is 1. The standard InChI is InChI=1S/C9H7BrN4O3S2/c10-6-3-5(19(11,16)17)1-2-7(6)13-9(15)8-4-12-14-18-8/h1-4H,(H,13,15)(H2,11,16,17). The third-order valence-corrected chi connectivity index (χ3v) is 4.33. The highest BCUT2D eigenvalue weighted by Crippen LogP contribution is 2.25. The average Bonchev–Trinajstić information content (AvgIpc) is 2.84. The minimum Gasteiger partial charge on any atom is -0.320 e. The molecular formula is C9H7BrN4O3S2. The summed E-state index contributed by atoms with van der Waals surface area (Å²) in [5.41, 5.74) is 0.422. The number of carbonyl (C=O) groups is 1. The number of benzene rings is 1. The topological polar surface area (TPSA) is 115 Å². The zero-order valence-corrected chi connectivity index (χ0v) is 12.4. The SMILES string of the molecule is NS(=O)(=O)c1ccc(NC(=O)c2cnns2)c(Br)c1. The Balaban J connectivity index is 2.25. The molecule has 0 bridgehead atoms. The van der Waals surface area contributed by atoms with Crippen molar-refractivity contribution in [2.24, 2.45) is 5.14 Å². The van der Waals surface area contributed by atoms with Crippen molar-refractivity contribution < 1.29 is 13.2 Å². The number of hydrogen-bond donors (Lipinski definition) is 2. The van der Waals surface area contributed by atoms with Crippen LogP contribution in [-0.2, 0) is 10.0 Å². The van der Waals surface area contributed by atoms with Crippen LogP contribution in [0.25, 0.3) is 0 Å². The fourth-order valence-electron chi connectivity index (χ4n) is 1.23. The van der Waals surface area contributed by atoms with Gasteiger partial charge >= 0.3 is 0 Å². The minimum absolute atomic E-state index is 0.0446. The first-order valence-electron chi connectivity index (χ1n) is 4.79. The van der Waals surface area contributed by atoms with Crippen LogP contribution in [0.5, 0.6) is 0 Å². The van der Waals surface area contributed by atoms with Crippen LogP contribution >= 0.6 is 27.5 Å². The molecule has 0 aliphatic rings. The number of halogens is 1. The molecule has 19 heavy (non-hydrogen) atoms. The zero-order valence-electron chi connectivity index (χ0n) is 9.20. The number of anilines is 1. The number of hydrogen-bond acceptors (Lipinski definition) is 6. The van der Waals surface area contributed by atoms with E-state index in [4.69, 9.17) is 5.14 Å². The average molecular weight is 363 g/mol. The number of carbonyl (C=O) groups excluding carboxylic acids is 1. The van der Waals surface area contributed by atoms with Gasteiger partial charge in [-0.3, -0.25) is 4.79 Å². The monoisotopic (exact) mass is 362 g/mol. The fraction of sp³-hybridized carbons (Fsp3) is 0. The summed E-state index contributed by atoms with van der Waals surface area (Å²) in [7, 11) is -3.77. The van der Waals surface area contributed by atoms with Gasteiger partial charge in [-0.05, 0) is 45.7 Å². The molecule has 0 saturated heterocycles. The Morgan fingerprint density at radius 2 is 2.16 bits per heavy atom. The van der Waals surface area contributed by atoms with E-state index in [1.165, 1.54) is 24.4 Å². The number of amides is 1. The predicted molar refractivity (Wildman–Crippen MR) is 73.4 cm³/mol. The molecule has 0 radical (unpaired) electrons. The van der Waals surface area contributed by atoms with Gasteiger partial charge in [-0.25, -0.2) is 13.6 Å². The molecule has 7 nitrogen and oxygen atoms in total. The molecule has 0 spiro atoms. The first-order chi connectivity index (χ1) is 8.88. The van der Waals surface area contributed by atoms with E-state index in [1.54, 1.807) is 0 Å². The summed E-state index contributed by atoms with van der Waals surface area (Å²) < 4.78 is 26.3. The highest BCUT2D eigenvalue weighted by atomic mass is 79.9. The summed E-state index contributed by atoms with van der Waals surface area (Å²) in [5, 5.41) is 11.2. The Bertz CT molecular complexity index is 715. The van der Waals surface area contributed by atoms with Crippen LogP contribution in [0.1, 0.15) is 9.67 Å². The maximum absolute atomic E-state index is 11.8. The number of nitrogens with zero attached hydrogens (tertiary/aromatic N) is 2. The molecule has 100 valence electrons. The Kier molecular flexibility index (Phi) is 3.94.